The van der Waals surface area contributed by atoms with E-state index in [0.29, 0.717) is 13.2 Å². The molecule has 0 unspecified atom stereocenters. The zero-order valence-corrected chi connectivity index (χ0v) is 15.6. The van der Waals surface area contributed by atoms with Crippen molar-refractivity contribution in [2.24, 2.45) is 0 Å². The van der Waals surface area contributed by atoms with E-state index in [1.54, 1.807) is 12.4 Å². The molecule has 0 spiro atoms. The third-order valence-electron chi connectivity index (χ3n) is 4.20. The molecule has 2 heterocycles. The van der Waals surface area contributed by atoms with E-state index < -0.39 is 0 Å². The van der Waals surface area contributed by atoms with Crippen molar-refractivity contribution < 1.29 is 9.53 Å². The van der Waals surface area contributed by atoms with Gasteiger partial charge in [0, 0.05) is 44.3 Å². The molecule has 27 heavy (non-hydrogen) atoms. The first-order valence-electron chi connectivity index (χ1n) is 9.01. The lowest BCUT2D eigenvalue weighted by Crippen LogP contribution is -2.49. The summed E-state index contributed by atoms with van der Waals surface area (Å²) in [4.78, 5) is 25.1. The molecule has 3 rings (SSSR count). The SMILES string of the molecule is C=C(C)COc1ccc(NC(=O)CN2CCN(c3ncccn3)CC2)cc1. The maximum absolute atomic E-state index is 12.3. The van der Waals surface area contributed by atoms with Crippen molar-refractivity contribution >= 4 is 17.5 Å². The van der Waals surface area contributed by atoms with Gasteiger partial charge in [0.15, 0.2) is 0 Å². The summed E-state index contributed by atoms with van der Waals surface area (Å²) in [6.45, 7) is 9.82. The van der Waals surface area contributed by atoms with E-state index in [-0.39, 0.29) is 5.91 Å². The van der Waals surface area contributed by atoms with E-state index in [2.05, 4.69) is 31.7 Å². The Morgan fingerprint density at radius 1 is 1.15 bits per heavy atom. The van der Waals surface area contributed by atoms with Crippen LogP contribution in [-0.2, 0) is 4.79 Å². The van der Waals surface area contributed by atoms with Crippen LogP contribution in [0.1, 0.15) is 6.92 Å². The number of nitrogens with zero attached hydrogens (tertiary/aromatic N) is 4. The minimum Gasteiger partial charge on any atom is -0.489 e. The standard InChI is InChI=1S/C20H25N5O2/c1-16(2)15-27-18-6-4-17(5-7-18)23-19(26)14-24-10-12-25(13-11-24)20-21-8-3-9-22-20/h3-9H,1,10-15H2,2H3,(H,23,26). The maximum Gasteiger partial charge on any atom is 0.238 e. The summed E-state index contributed by atoms with van der Waals surface area (Å²) in [6.07, 6.45) is 3.49. The second-order valence-electron chi connectivity index (χ2n) is 6.63. The fraction of sp³-hybridized carbons (Fsp3) is 0.350. The second-order valence-corrected chi connectivity index (χ2v) is 6.63. The van der Waals surface area contributed by atoms with Gasteiger partial charge in [-0.05, 0) is 42.8 Å². The lowest BCUT2D eigenvalue weighted by molar-refractivity contribution is -0.117. The zero-order valence-electron chi connectivity index (χ0n) is 15.6. The van der Waals surface area contributed by atoms with E-state index >= 15 is 0 Å². The second kappa shape index (κ2) is 9.14. The molecule has 0 bridgehead atoms. The highest BCUT2D eigenvalue weighted by atomic mass is 16.5. The Morgan fingerprint density at radius 2 is 1.81 bits per heavy atom. The molecule has 7 heteroatoms. The van der Waals surface area contributed by atoms with E-state index in [4.69, 9.17) is 4.74 Å². The normalized spacial score (nSPS) is 14.6. The lowest BCUT2D eigenvalue weighted by atomic mass is 10.3. The summed E-state index contributed by atoms with van der Waals surface area (Å²) >= 11 is 0. The van der Waals surface area contributed by atoms with Crippen molar-refractivity contribution in [1.29, 1.82) is 0 Å². The highest BCUT2D eigenvalue weighted by Gasteiger charge is 2.20. The van der Waals surface area contributed by atoms with Gasteiger partial charge in [0.05, 0.1) is 6.54 Å². The van der Waals surface area contributed by atoms with E-state index in [9.17, 15) is 4.79 Å². The van der Waals surface area contributed by atoms with E-state index in [0.717, 1.165) is 49.1 Å². The van der Waals surface area contributed by atoms with Crippen LogP contribution in [0.4, 0.5) is 11.6 Å². The van der Waals surface area contributed by atoms with E-state index in [1.165, 1.54) is 0 Å². The number of piperazine rings is 1. The molecule has 1 aliphatic rings. The molecule has 1 aromatic heterocycles. The molecule has 2 aromatic rings. The van der Waals surface area contributed by atoms with Crippen LogP contribution < -0.4 is 15.0 Å². The molecular formula is C20H25N5O2. The molecule has 0 radical (unpaired) electrons. The van der Waals surface area contributed by atoms with Crippen LogP contribution in [0.2, 0.25) is 0 Å². The monoisotopic (exact) mass is 367 g/mol. The minimum absolute atomic E-state index is 0.0185. The Balaban J connectivity index is 1.43. The molecule has 1 aliphatic heterocycles. The van der Waals surface area contributed by atoms with Crippen molar-refractivity contribution in [3.63, 3.8) is 0 Å². The number of rotatable bonds is 7. The van der Waals surface area contributed by atoms with Crippen molar-refractivity contribution in [2.45, 2.75) is 6.92 Å². The Kier molecular flexibility index (Phi) is 6.38. The Hall–Kier alpha value is -2.93. The summed E-state index contributed by atoms with van der Waals surface area (Å²) < 4.78 is 5.56. The van der Waals surface area contributed by atoms with Crippen LogP contribution in [0, 0.1) is 0 Å². The van der Waals surface area contributed by atoms with Crippen LogP contribution in [0.15, 0.2) is 54.9 Å². The van der Waals surface area contributed by atoms with Gasteiger partial charge in [0.1, 0.15) is 12.4 Å². The summed E-state index contributed by atoms with van der Waals surface area (Å²) in [5, 5.41) is 2.93. The minimum atomic E-state index is -0.0185. The average Bonchev–Trinajstić information content (AvgIpc) is 2.68. The van der Waals surface area contributed by atoms with Gasteiger partial charge in [-0.2, -0.15) is 0 Å². The number of carbonyl (C=O) groups excluding carboxylic acids is 1. The van der Waals surface area contributed by atoms with Crippen molar-refractivity contribution in [2.75, 3.05) is 49.5 Å². The summed E-state index contributed by atoms with van der Waals surface area (Å²) in [6, 6.07) is 9.18. The molecular weight excluding hydrogens is 342 g/mol. The molecule has 7 nitrogen and oxygen atoms in total. The van der Waals surface area contributed by atoms with Crippen molar-refractivity contribution in [3.05, 3.63) is 54.9 Å². The molecule has 1 aromatic carbocycles. The average molecular weight is 367 g/mol. The van der Waals surface area contributed by atoms with Crippen molar-refractivity contribution in [3.8, 4) is 5.75 Å². The van der Waals surface area contributed by atoms with Gasteiger partial charge in [-0.25, -0.2) is 9.97 Å². The number of benzene rings is 1. The molecule has 142 valence electrons. The summed E-state index contributed by atoms with van der Waals surface area (Å²) in [5.41, 5.74) is 1.73. The van der Waals surface area contributed by atoms with E-state index in [1.807, 2.05) is 37.3 Å². The Labute approximate surface area is 159 Å². The number of hydrogen-bond donors (Lipinski definition) is 1. The fourth-order valence-corrected chi connectivity index (χ4v) is 2.81. The van der Waals surface area contributed by atoms with Gasteiger partial charge in [-0.1, -0.05) is 6.58 Å². The number of ether oxygens (including phenoxy) is 1. The largest absolute Gasteiger partial charge is 0.489 e. The van der Waals surface area contributed by atoms with Crippen molar-refractivity contribution in [1.82, 2.24) is 14.9 Å². The molecule has 0 saturated carbocycles. The van der Waals surface area contributed by atoms with Crippen LogP contribution in [0.5, 0.6) is 5.75 Å². The molecule has 1 saturated heterocycles. The van der Waals surface area contributed by atoms with Gasteiger partial charge >= 0.3 is 0 Å². The molecule has 0 atom stereocenters. The Morgan fingerprint density at radius 3 is 2.44 bits per heavy atom. The summed E-state index contributed by atoms with van der Waals surface area (Å²) in [7, 11) is 0. The van der Waals surface area contributed by atoms with Gasteiger partial charge in [-0.15, -0.1) is 0 Å². The molecule has 1 fully saturated rings. The zero-order chi connectivity index (χ0) is 19.1. The van der Waals surface area contributed by atoms with Gasteiger partial charge in [-0.3, -0.25) is 9.69 Å². The molecule has 1 N–H and O–H groups in total. The first kappa shape index (κ1) is 18.8. The third kappa shape index (κ3) is 5.79. The van der Waals surface area contributed by atoms with Gasteiger partial charge < -0.3 is 15.0 Å². The highest BCUT2D eigenvalue weighted by molar-refractivity contribution is 5.92. The first-order valence-corrected chi connectivity index (χ1v) is 9.01. The number of amides is 1. The lowest BCUT2D eigenvalue weighted by Gasteiger charge is -2.34. The summed E-state index contributed by atoms with van der Waals surface area (Å²) in [5.74, 6) is 1.49. The Bertz CT molecular complexity index is 756. The highest BCUT2D eigenvalue weighted by Crippen LogP contribution is 2.16. The predicted molar refractivity (Wildman–Crippen MR) is 106 cm³/mol. The number of carbonyl (C=O) groups is 1. The number of hydrogen-bond acceptors (Lipinski definition) is 6. The third-order valence-corrected chi connectivity index (χ3v) is 4.20. The number of aromatic nitrogens is 2. The van der Waals surface area contributed by atoms with Crippen LogP contribution in [0.3, 0.4) is 0 Å². The van der Waals surface area contributed by atoms with Gasteiger partial charge in [0.25, 0.3) is 0 Å². The number of nitrogens with one attached hydrogen (secondary N) is 1. The van der Waals surface area contributed by atoms with Crippen LogP contribution in [-0.4, -0.2) is 60.1 Å². The number of anilines is 2. The first-order chi connectivity index (χ1) is 13.1. The quantitative estimate of drug-likeness (QED) is 0.757. The van der Waals surface area contributed by atoms with Gasteiger partial charge in [0.2, 0.25) is 11.9 Å². The topological polar surface area (TPSA) is 70.6 Å². The molecule has 0 aliphatic carbocycles. The predicted octanol–water partition coefficient (Wildman–Crippen LogP) is 2.19. The smallest absolute Gasteiger partial charge is 0.238 e. The van der Waals surface area contributed by atoms with Crippen LogP contribution >= 0.6 is 0 Å². The molecule has 1 amide bonds. The maximum atomic E-state index is 12.3. The van der Waals surface area contributed by atoms with Crippen LogP contribution in [0.25, 0.3) is 0 Å². The fourth-order valence-electron chi connectivity index (χ4n) is 2.81.